The minimum absolute atomic E-state index is 1.18. The fourth-order valence-electron chi connectivity index (χ4n) is 3.09. The van der Waals surface area contributed by atoms with Crippen molar-refractivity contribution in [2.45, 2.75) is 13.3 Å². The molecule has 4 aromatic rings. The molecule has 1 aliphatic heterocycles. The molecular weight excluding hydrogens is 336 g/mol. The fourth-order valence-corrected chi connectivity index (χ4v) is 3.61. The molecule has 0 bridgehead atoms. The van der Waals surface area contributed by atoms with Crippen LogP contribution in [0.15, 0.2) is 78.3 Å². The van der Waals surface area contributed by atoms with Crippen LogP contribution in [0.1, 0.15) is 10.4 Å². The predicted molar refractivity (Wildman–Crippen MR) is 115 cm³/mol. The highest BCUT2D eigenvalue weighted by Crippen LogP contribution is 2.25. The summed E-state index contributed by atoms with van der Waals surface area (Å²) in [5.41, 5.74) is 4.19. The molecule has 0 saturated carbocycles. The Kier molecular flexibility index (Phi) is 6.13. The van der Waals surface area contributed by atoms with Crippen LogP contribution in [0.3, 0.4) is 0 Å². The molecule has 0 spiro atoms. The lowest BCUT2D eigenvalue weighted by Gasteiger charge is -2.10. The highest BCUT2D eigenvalue weighted by atomic mass is 32.1. The molecule has 2 aromatic heterocycles. The first-order chi connectivity index (χ1) is 12.6. The molecule has 0 atom stereocenters. The van der Waals surface area contributed by atoms with Crippen LogP contribution in [0.4, 0.5) is 5.69 Å². The van der Waals surface area contributed by atoms with E-state index >= 15 is 0 Å². The second-order valence-electron chi connectivity index (χ2n) is 6.51. The molecular formula is C23H26N2S. The molecule has 26 heavy (non-hydrogen) atoms. The van der Waals surface area contributed by atoms with Gasteiger partial charge in [-0.3, -0.25) is 0 Å². The van der Waals surface area contributed by atoms with Gasteiger partial charge in [0.2, 0.25) is 0 Å². The minimum Gasteiger partial charge on any atom is -0.374 e. The maximum atomic E-state index is 2.30. The molecule has 3 heterocycles. The van der Waals surface area contributed by atoms with Gasteiger partial charge in [0.25, 0.3) is 0 Å². The number of anilines is 1. The van der Waals surface area contributed by atoms with Crippen LogP contribution in [-0.4, -0.2) is 18.2 Å². The number of hydrogen-bond donors (Lipinski definition) is 0. The van der Waals surface area contributed by atoms with Gasteiger partial charge >= 0.3 is 0 Å². The summed E-state index contributed by atoms with van der Waals surface area (Å²) in [6.45, 7) is 3.28. The van der Waals surface area contributed by atoms with Crippen molar-refractivity contribution >= 4 is 27.9 Å². The number of nitrogens with zero attached hydrogens (tertiary/aromatic N) is 2. The number of benzene rings is 2. The first kappa shape index (κ1) is 18.3. The summed E-state index contributed by atoms with van der Waals surface area (Å²) >= 11 is 1.78. The van der Waals surface area contributed by atoms with E-state index in [1.807, 2.05) is 0 Å². The maximum absolute atomic E-state index is 2.30. The van der Waals surface area contributed by atoms with Gasteiger partial charge in [-0.15, -0.1) is 11.3 Å². The van der Waals surface area contributed by atoms with Crippen molar-refractivity contribution in [1.29, 1.82) is 0 Å². The average molecular weight is 363 g/mol. The molecule has 1 aliphatic rings. The van der Waals surface area contributed by atoms with Crippen LogP contribution in [0.2, 0.25) is 0 Å². The van der Waals surface area contributed by atoms with Crippen molar-refractivity contribution in [1.82, 2.24) is 4.57 Å². The summed E-state index contributed by atoms with van der Waals surface area (Å²) < 4.78 is 2.12. The molecule has 134 valence electrons. The molecule has 0 saturated heterocycles. The zero-order chi connectivity index (χ0) is 18.4. The van der Waals surface area contributed by atoms with Crippen molar-refractivity contribution in [3.05, 3.63) is 88.7 Å². The Hall–Kier alpha value is -2.52. The van der Waals surface area contributed by atoms with Crippen molar-refractivity contribution in [2.75, 3.05) is 18.5 Å². The largest absolute Gasteiger partial charge is 0.374 e. The van der Waals surface area contributed by atoms with Gasteiger partial charge in [0.05, 0.1) is 0 Å². The fraction of sp³-hybridized carbons (Fsp3) is 0.217. The Morgan fingerprint density at radius 2 is 1.62 bits per heavy atom. The smallest absolute Gasteiger partial charge is 0.0477 e. The molecule has 0 aliphatic carbocycles. The first-order valence-electron chi connectivity index (χ1n) is 8.94. The van der Waals surface area contributed by atoms with Gasteiger partial charge in [-0.2, -0.15) is 0 Å². The minimum atomic E-state index is 1.18. The molecule has 0 amide bonds. The molecule has 0 radical (unpaired) electrons. The van der Waals surface area contributed by atoms with E-state index in [1.54, 1.807) is 11.3 Å². The third kappa shape index (κ3) is 4.55. The van der Waals surface area contributed by atoms with Crippen LogP contribution in [-0.2, 0) is 13.5 Å². The number of para-hydroxylation sites is 2. The topological polar surface area (TPSA) is 8.17 Å². The van der Waals surface area contributed by atoms with Crippen molar-refractivity contribution in [3.63, 3.8) is 0 Å². The number of aromatic nitrogens is 1. The summed E-state index contributed by atoms with van der Waals surface area (Å²) in [6, 6.07) is 23.2. The standard InChI is InChI=1S/C9H11N.C9H9N.C5H6S/c2*1-10-7-6-8-4-2-3-5-9(8)10;1-5-3-2-4-6-5/h2-5H,6-7H2,1H3;2-7H,1H3;2-4H,1H3. The molecule has 0 fully saturated rings. The van der Waals surface area contributed by atoms with Gasteiger partial charge in [-0.05, 0) is 53.9 Å². The maximum Gasteiger partial charge on any atom is 0.0477 e. The molecule has 3 heteroatoms. The van der Waals surface area contributed by atoms with Crippen molar-refractivity contribution in [2.24, 2.45) is 7.05 Å². The van der Waals surface area contributed by atoms with Gasteiger partial charge in [0.15, 0.2) is 0 Å². The van der Waals surface area contributed by atoms with Crippen LogP contribution in [0.25, 0.3) is 10.9 Å². The van der Waals surface area contributed by atoms with E-state index in [9.17, 15) is 0 Å². The Balaban J connectivity index is 0.000000117. The Labute approximate surface area is 160 Å². The summed E-state index contributed by atoms with van der Waals surface area (Å²) in [7, 11) is 4.20. The summed E-state index contributed by atoms with van der Waals surface area (Å²) in [5.74, 6) is 0. The molecule has 2 aromatic carbocycles. The van der Waals surface area contributed by atoms with Gasteiger partial charge < -0.3 is 9.47 Å². The van der Waals surface area contributed by atoms with Gasteiger partial charge in [0, 0.05) is 42.9 Å². The third-order valence-electron chi connectivity index (χ3n) is 4.58. The molecule has 0 N–H and O–H groups in total. The van der Waals surface area contributed by atoms with Crippen molar-refractivity contribution < 1.29 is 0 Å². The highest BCUT2D eigenvalue weighted by molar-refractivity contribution is 7.09. The highest BCUT2D eigenvalue weighted by Gasteiger charge is 2.12. The molecule has 2 nitrogen and oxygen atoms in total. The van der Waals surface area contributed by atoms with E-state index in [2.05, 4.69) is 109 Å². The van der Waals surface area contributed by atoms with Crippen LogP contribution < -0.4 is 4.90 Å². The quantitative estimate of drug-likeness (QED) is 0.377. The number of likely N-dealkylation sites (N-methyl/N-ethyl adjacent to an activating group) is 1. The lowest BCUT2D eigenvalue weighted by molar-refractivity contribution is 0.956. The summed E-state index contributed by atoms with van der Waals surface area (Å²) in [4.78, 5) is 3.69. The zero-order valence-corrected chi connectivity index (χ0v) is 16.5. The molecule has 0 unspecified atom stereocenters. The third-order valence-corrected chi connectivity index (χ3v) is 5.38. The number of thiophene rings is 1. The Bertz CT molecular complexity index is 938. The summed E-state index contributed by atoms with van der Waals surface area (Å²) in [6.07, 6.45) is 3.29. The van der Waals surface area contributed by atoms with E-state index in [0.717, 1.165) is 0 Å². The number of aryl methyl sites for hydroxylation is 2. The van der Waals surface area contributed by atoms with Crippen LogP contribution >= 0.6 is 11.3 Å². The second kappa shape index (κ2) is 8.72. The molecule has 5 rings (SSSR count). The van der Waals surface area contributed by atoms with Gasteiger partial charge in [-0.25, -0.2) is 0 Å². The van der Waals surface area contributed by atoms with E-state index in [-0.39, 0.29) is 0 Å². The zero-order valence-electron chi connectivity index (χ0n) is 15.7. The lowest BCUT2D eigenvalue weighted by atomic mass is 10.2. The van der Waals surface area contributed by atoms with Crippen LogP contribution in [0, 0.1) is 6.92 Å². The lowest BCUT2D eigenvalue weighted by Crippen LogP contribution is -2.12. The number of rotatable bonds is 0. The first-order valence-corrected chi connectivity index (χ1v) is 9.82. The number of fused-ring (bicyclic) bond motifs is 2. The SMILES string of the molecule is CN1CCc2ccccc21.Cc1cccs1.Cn1ccc2ccccc21. The summed E-state index contributed by atoms with van der Waals surface area (Å²) in [5, 5.41) is 3.39. The Morgan fingerprint density at radius 3 is 2.27 bits per heavy atom. The average Bonchev–Trinajstić information content (AvgIpc) is 3.39. The van der Waals surface area contributed by atoms with E-state index in [0.29, 0.717) is 0 Å². The van der Waals surface area contributed by atoms with Crippen molar-refractivity contribution in [3.8, 4) is 0 Å². The number of hydrogen-bond acceptors (Lipinski definition) is 2. The van der Waals surface area contributed by atoms with E-state index in [1.165, 1.54) is 40.0 Å². The second-order valence-corrected chi connectivity index (χ2v) is 7.66. The van der Waals surface area contributed by atoms with Crippen LogP contribution in [0.5, 0.6) is 0 Å². The van der Waals surface area contributed by atoms with E-state index in [4.69, 9.17) is 0 Å². The van der Waals surface area contributed by atoms with Gasteiger partial charge in [-0.1, -0.05) is 42.5 Å². The monoisotopic (exact) mass is 362 g/mol. The Morgan fingerprint density at radius 1 is 0.846 bits per heavy atom. The normalized spacial score (nSPS) is 12.0. The van der Waals surface area contributed by atoms with Gasteiger partial charge in [0.1, 0.15) is 0 Å². The predicted octanol–water partition coefficient (Wildman–Crippen LogP) is 5.91. The van der Waals surface area contributed by atoms with E-state index < -0.39 is 0 Å².